The number of nitrogens with one attached hydrogen (secondary N) is 1. The third-order valence-electron chi connectivity index (χ3n) is 2.65. The van der Waals surface area contributed by atoms with E-state index < -0.39 is 33.4 Å². The maximum absolute atomic E-state index is 12.0. The van der Waals surface area contributed by atoms with Gasteiger partial charge in [0.2, 0.25) is 0 Å². The fraction of sp³-hybridized carbons (Fsp3) is 0.467. The number of hydrogen-bond acceptors (Lipinski definition) is 5. The average molecular weight is 327 g/mol. The van der Waals surface area contributed by atoms with Crippen LogP contribution < -0.4 is 5.32 Å². The predicted octanol–water partition coefficient (Wildman–Crippen LogP) is 1.55. The van der Waals surface area contributed by atoms with E-state index in [2.05, 4.69) is 5.32 Å². The van der Waals surface area contributed by atoms with Gasteiger partial charge in [-0.2, -0.15) is 0 Å². The first kappa shape index (κ1) is 18.2. The number of carbonyl (C=O) groups excluding carboxylic acids is 2. The van der Waals surface area contributed by atoms with Crippen LogP contribution >= 0.6 is 0 Å². The Labute approximate surface area is 130 Å². The van der Waals surface area contributed by atoms with Gasteiger partial charge in [-0.25, -0.2) is 13.2 Å². The number of esters is 1. The third-order valence-corrected chi connectivity index (χ3v) is 3.76. The number of ether oxygens (including phenoxy) is 1. The molecule has 0 radical (unpaired) electrons. The summed E-state index contributed by atoms with van der Waals surface area (Å²) in [5.41, 5.74) is -0.355. The number of benzene rings is 1. The normalized spacial score (nSPS) is 13.3. The largest absolute Gasteiger partial charge is 0.449 e. The zero-order chi connectivity index (χ0) is 17.1. The Morgan fingerprint density at radius 3 is 2.32 bits per heavy atom. The first-order valence-electron chi connectivity index (χ1n) is 6.73. The molecule has 1 atom stereocenters. The highest BCUT2D eigenvalue weighted by molar-refractivity contribution is 7.90. The highest BCUT2D eigenvalue weighted by Crippen LogP contribution is 2.13. The summed E-state index contributed by atoms with van der Waals surface area (Å²) < 4.78 is 28.0. The summed E-state index contributed by atoms with van der Waals surface area (Å²) in [6.45, 7) is 6.90. The van der Waals surface area contributed by atoms with E-state index in [0.29, 0.717) is 0 Å². The van der Waals surface area contributed by atoms with Crippen molar-refractivity contribution in [2.45, 2.75) is 44.2 Å². The molecule has 122 valence electrons. The van der Waals surface area contributed by atoms with E-state index in [0.717, 1.165) is 6.26 Å². The SMILES string of the molecule is CC(OC(=O)c1cccc(S(C)(=O)=O)c1)C(=O)NC(C)(C)C. The second kappa shape index (κ2) is 6.48. The van der Waals surface area contributed by atoms with E-state index in [9.17, 15) is 18.0 Å². The lowest BCUT2D eigenvalue weighted by molar-refractivity contribution is -0.130. The molecule has 0 aliphatic heterocycles. The Balaban J connectivity index is 2.84. The van der Waals surface area contributed by atoms with Crippen molar-refractivity contribution in [3.8, 4) is 0 Å². The lowest BCUT2D eigenvalue weighted by Gasteiger charge is -2.23. The summed E-state index contributed by atoms with van der Waals surface area (Å²) in [5, 5.41) is 2.70. The minimum atomic E-state index is -3.41. The molecular formula is C15H21NO5S. The van der Waals surface area contributed by atoms with Crippen LogP contribution in [0.15, 0.2) is 29.2 Å². The van der Waals surface area contributed by atoms with Gasteiger partial charge >= 0.3 is 5.97 Å². The Morgan fingerprint density at radius 1 is 1.23 bits per heavy atom. The van der Waals surface area contributed by atoms with Crippen LogP contribution in [0.4, 0.5) is 0 Å². The van der Waals surface area contributed by atoms with Crippen LogP contribution in [0.3, 0.4) is 0 Å². The summed E-state index contributed by atoms with van der Waals surface area (Å²) in [5.74, 6) is -1.16. The first-order chi connectivity index (χ1) is 9.90. The van der Waals surface area contributed by atoms with Crippen LogP contribution in [0.2, 0.25) is 0 Å². The molecule has 7 heteroatoms. The number of sulfone groups is 1. The van der Waals surface area contributed by atoms with Crippen molar-refractivity contribution in [2.75, 3.05) is 6.26 Å². The second-order valence-corrected chi connectivity index (χ2v) is 8.10. The highest BCUT2D eigenvalue weighted by atomic mass is 32.2. The van der Waals surface area contributed by atoms with Gasteiger partial charge in [0.25, 0.3) is 5.91 Å². The second-order valence-electron chi connectivity index (χ2n) is 6.09. The fourth-order valence-corrected chi connectivity index (χ4v) is 2.27. The van der Waals surface area contributed by atoms with Crippen molar-refractivity contribution in [2.24, 2.45) is 0 Å². The van der Waals surface area contributed by atoms with Gasteiger partial charge in [-0.05, 0) is 45.9 Å². The van der Waals surface area contributed by atoms with Crippen LogP contribution in [0, 0.1) is 0 Å². The van der Waals surface area contributed by atoms with Gasteiger partial charge in [0.05, 0.1) is 10.5 Å². The number of hydrogen-bond donors (Lipinski definition) is 1. The summed E-state index contributed by atoms with van der Waals surface area (Å²) in [6.07, 6.45) is 0.0743. The van der Waals surface area contributed by atoms with Crippen LogP contribution in [0.1, 0.15) is 38.1 Å². The van der Waals surface area contributed by atoms with Gasteiger partial charge in [-0.15, -0.1) is 0 Å². The summed E-state index contributed by atoms with van der Waals surface area (Å²) >= 11 is 0. The van der Waals surface area contributed by atoms with E-state index in [-0.39, 0.29) is 10.5 Å². The predicted molar refractivity (Wildman–Crippen MR) is 82.3 cm³/mol. The van der Waals surface area contributed by atoms with Crippen molar-refractivity contribution < 1.29 is 22.7 Å². The van der Waals surface area contributed by atoms with Crippen LogP contribution in [-0.4, -0.2) is 38.2 Å². The Hall–Kier alpha value is -1.89. The quantitative estimate of drug-likeness (QED) is 0.848. The van der Waals surface area contributed by atoms with Crippen molar-refractivity contribution in [3.05, 3.63) is 29.8 Å². The molecule has 1 amide bonds. The molecule has 0 bridgehead atoms. The molecule has 0 saturated carbocycles. The maximum Gasteiger partial charge on any atom is 0.338 e. The van der Waals surface area contributed by atoms with Gasteiger partial charge in [-0.3, -0.25) is 4.79 Å². The lowest BCUT2D eigenvalue weighted by Crippen LogP contribution is -2.46. The summed E-state index contributed by atoms with van der Waals surface area (Å²) in [4.78, 5) is 23.9. The van der Waals surface area contributed by atoms with E-state index in [1.165, 1.54) is 31.2 Å². The molecular weight excluding hydrogens is 306 g/mol. The van der Waals surface area contributed by atoms with Gasteiger partial charge in [-0.1, -0.05) is 6.07 Å². The zero-order valence-corrected chi connectivity index (χ0v) is 14.2. The standard InChI is InChI=1S/C15H21NO5S/c1-10(13(17)16-15(2,3)4)21-14(18)11-7-6-8-12(9-11)22(5,19)20/h6-10H,1-5H3,(H,16,17). The molecule has 1 unspecified atom stereocenters. The van der Waals surface area contributed by atoms with Crippen LogP contribution in [0.25, 0.3) is 0 Å². The Kier molecular flexibility index (Phi) is 5.35. The van der Waals surface area contributed by atoms with Crippen LogP contribution in [-0.2, 0) is 19.4 Å². The monoisotopic (exact) mass is 327 g/mol. The number of amides is 1. The summed E-state index contributed by atoms with van der Waals surface area (Å²) in [6, 6.07) is 5.51. The molecule has 0 aliphatic carbocycles. The molecule has 1 aromatic carbocycles. The Bertz CT molecular complexity index is 673. The Morgan fingerprint density at radius 2 is 1.82 bits per heavy atom. The maximum atomic E-state index is 12.0. The van der Waals surface area contributed by atoms with E-state index in [4.69, 9.17) is 4.74 Å². The molecule has 1 N–H and O–H groups in total. The van der Waals surface area contributed by atoms with Crippen molar-refractivity contribution >= 4 is 21.7 Å². The molecule has 0 heterocycles. The summed E-state index contributed by atoms with van der Waals surface area (Å²) in [7, 11) is -3.41. The molecule has 0 aromatic heterocycles. The fourth-order valence-electron chi connectivity index (χ4n) is 1.61. The average Bonchev–Trinajstić information content (AvgIpc) is 2.35. The van der Waals surface area contributed by atoms with Crippen molar-refractivity contribution in [3.63, 3.8) is 0 Å². The first-order valence-corrected chi connectivity index (χ1v) is 8.62. The topological polar surface area (TPSA) is 89.5 Å². The van der Waals surface area contributed by atoms with E-state index >= 15 is 0 Å². The van der Waals surface area contributed by atoms with Crippen LogP contribution in [0.5, 0.6) is 0 Å². The number of rotatable bonds is 4. The molecule has 0 saturated heterocycles. The molecule has 6 nitrogen and oxygen atoms in total. The number of carbonyl (C=O) groups is 2. The lowest BCUT2D eigenvalue weighted by atomic mass is 10.1. The molecule has 0 spiro atoms. The molecule has 22 heavy (non-hydrogen) atoms. The van der Waals surface area contributed by atoms with Crippen molar-refractivity contribution in [1.29, 1.82) is 0 Å². The van der Waals surface area contributed by atoms with Gasteiger partial charge in [0.15, 0.2) is 15.9 Å². The molecule has 1 aromatic rings. The zero-order valence-electron chi connectivity index (χ0n) is 13.3. The van der Waals surface area contributed by atoms with Crippen molar-refractivity contribution in [1.82, 2.24) is 5.32 Å². The molecule has 1 rings (SSSR count). The van der Waals surface area contributed by atoms with Gasteiger partial charge in [0, 0.05) is 11.8 Å². The molecule has 0 aliphatic rings. The minimum absolute atomic E-state index is 0.0220. The smallest absolute Gasteiger partial charge is 0.338 e. The van der Waals surface area contributed by atoms with Gasteiger partial charge in [0.1, 0.15) is 0 Å². The highest BCUT2D eigenvalue weighted by Gasteiger charge is 2.23. The van der Waals surface area contributed by atoms with E-state index in [1.807, 2.05) is 20.8 Å². The minimum Gasteiger partial charge on any atom is -0.449 e. The van der Waals surface area contributed by atoms with E-state index in [1.54, 1.807) is 0 Å². The van der Waals surface area contributed by atoms with Gasteiger partial charge < -0.3 is 10.1 Å². The third kappa shape index (κ3) is 5.48. The molecule has 0 fully saturated rings.